The molecule has 1 aromatic heterocycles. The highest BCUT2D eigenvalue weighted by molar-refractivity contribution is 6.00. The molecule has 1 aromatic carbocycles. The van der Waals surface area contributed by atoms with Gasteiger partial charge >= 0.3 is 12.0 Å². The highest BCUT2D eigenvalue weighted by atomic mass is 16.4. The fourth-order valence-electron chi connectivity index (χ4n) is 1.70. The van der Waals surface area contributed by atoms with Crippen molar-refractivity contribution in [2.45, 2.75) is 6.54 Å². The first-order chi connectivity index (χ1) is 10.1. The number of nitrogens with one attached hydrogen (secondary N) is 2. The van der Waals surface area contributed by atoms with Crippen LogP contribution in [0.5, 0.6) is 5.75 Å². The summed E-state index contributed by atoms with van der Waals surface area (Å²) in [5.41, 5.74) is -0.0693. The summed E-state index contributed by atoms with van der Waals surface area (Å²) in [6.07, 6.45) is 5.03. The quantitative estimate of drug-likeness (QED) is 0.615. The number of carbonyl (C=O) groups excluding carboxylic acids is 1. The monoisotopic (exact) mass is 290 g/mol. The van der Waals surface area contributed by atoms with E-state index in [1.54, 1.807) is 23.3 Å². The summed E-state index contributed by atoms with van der Waals surface area (Å²) in [6.45, 7) is 0.914. The van der Waals surface area contributed by atoms with E-state index in [-0.39, 0.29) is 17.0 Å². The molecule has 0 saturated carbocycles. The summed E-state index contributed by atoms with van der Waals surface area (Å²) in [4.78, 5) is 26.6. The van der Waals surface area contributed by atoms with Gasteiger partial charge in [-0.1, -0.05) is 0 Å². The van der Waals surface area contributed by atoms with E-state index in [0.29, 0.717) is 13.1 Å². The van der Waals surface area contributed by atoms with Gasteiger partial charge in [0.05, 0.1) is 17.6 Å². The van der Waals surface area contributed by atoms with Gasteiger partial charge < -0.3 is 25.4 Å². The van der Waals surface area contributed by atoms with Crippen LogP contribution in [0.15, 0.2) is 36.9 Å². The minimum Gasteiger partial charge on any atom is -0.508 e. The molecular weight excluding hydrogens is 276 g/mol. The van der Waals surface area contributed by atoms with Crippen molar-refractivity contribution >= 4 is 17.7 Å². The number of imidazole rings is 1. The van der Waals surface area contributed by atoms with E-state index in [1.165, 1.54) is 12.1 Å². The van der Waals surface area contributed by atoms with Gasteiger partial charge in [0, 0.05) is 25.5 Å². The fourth-order valence-corrected chi connectivity index (χ4v) is 1.70. The van der Waals surface area contributed by atoms with Crippen LogP contribution in [0.4, 0.5) is 10.5 Å². The molecule has 8 heteroatoms. The summed E-state index contributed by atoms with van der Waals surface area (Å²) < 4.78 is 1.80. The van der Waals surface area contributed by atoms with Gasteiger partial charge in [-0.2, -0.15) is 0 Å². The van der Waals surface area contributed by atoms with E-state index in [1.807, 2.05) is 0 Å². The Labute approximate surface area is 120 Å². The fraction of sp³-hybridized carbons (Fsp3) is 0.154. The normalized spacial score (nSPS) is 10.1. The van der Waals surface area contributed by atoms with Crippen molar-refractivity contribution in [3.8, 4) is 5.75 Å². The Bertz CT molecular complexity index is 640. The van der Waals surface area contributed by atoms with Crippen LogP contribution in [0.1, 0.15) is 10.4 Å². The molecule has 0 unspecified atom stereocenters. The van der Waals surface area contributed by atoms with E-state index in [2.05, 4.69) is 15.6 Å². The number of aromatic hydroxyl groups is 1. The third-order valence-corrected chi connectivity index (χ3v) is 2.70. The molecule has 2 rings (SSSR count). The van der Waals surface area contributed by atoms with Crippen LogP contribution in [0, 0.1) is 0 Å². The number of carboxylic acid groups (broad SMARTS) is 1. The van der Waals surface area contributed by atoms with Crippen molar-refractivity contribution in [3.05, 3.63) is 42.5 Å². The van der Waals surface area contributed by atoms with Gasteiger partial charge in [-0.05, 0) is 18.2 Å². The number of rotatable bonds is 5. The van der Waals surface area contributed by atoms with E-state index in [0.717, 1.165) is 6.07 Å². The van der Waals surface area contributed by atoms with Crippen LogP contribution in [0.25, 0.3) is 0 Å². The molecule has 0 radical (unpaired) electrons. The zero-order valence-corrected chi connectivity index (χ0v) is 11.0. The first-order valence-electron chi connectivity index (χ1n) is 6.13. The summed E-state index contributed by atoms with van der Waals surface area (Å²) in [6, 6.07) is 3.17. The molecule has 2 amide bonds. The second kappa shape index (κ2) is 6.42. The number of hydrogen-bond donors (Lipinski definition) is 4. The molecule has 8 nitrogen and oxygen atoms in total. The van der Waals surface area contributed by atoms with Crippen LogP contribution in [-0.2, 0) is 6.54 Å². The maximum Gasteiger partial charge on any atom is 0.337 e. The van der Waals surface area contributed by atoms with E-state index < -0.39 is 12.0 Å². The van der Waals surface area contributed by atoms with Crippen LogP contribution in [0.3, 0.4) is 0 Å². The number of amides is 2. The number of aromatic carboxylic acids is 1. The molecule has 21 heavy (non-hydrogen) atoms. The molecule has 110 valence electrons. The number of aromatic nitrogens is 2. The van der Waals surface area contributed by atoms with Crippen LogP contribution < -0.4 is 10.6 Å². The average Bonchev–Trinajstić information content (AvgIpc) is 2.94. The lowest BCUT2D eigenvalue weighted by molar-refractivity contribution is 0.0697. The van der Waals surface area contributed by atoms with Crippen molar-refractivity contribution in [2.75, 3.05) is 11.9 Å². The molecule has 0 fully saturated rings. The zero-order valence-electron chi connectivity index (χ0n) is 11.0. The Hall–Kier alpha value is -3.03. The van der Waals surface area contributed by atoms with E-state index in [4.69, 9.17) is 5.11 Å². The Morgan fingerprint density at radius 2 is 2.14 bits per heavy atom. The molecule has 4 N–H and O–H groups in total. The standard InChI is InChI=1S/C13H14N4O4/c18-9-1-2-11(10(7-9)12(19)20)16-13(21)15-4-6-17-5-3-14-8-17/h1-3,5,7-8,18H,4,6H2,(H,19,20)(H2,15,16,21). The SMILES string of the molecule is O=C(NCCn1ccnc1)Nc1ccc(O)cc1C(=O)O. The van der Waals surface area contributed by atoms with Crippen molar-refractivity contribution in [2.24, 2.45) is 0 Å². The Kier molecular flexibility index (Phi) is 4.39. The molecule has 2 aromatic rings. The van der Waals surface area contributed by atoms with Crippen molar-refractivity contribution < 1.29 is 19.8 Å². The zero-order chi connectivity index (χ0) is 15.2. The number of hydrogen-bond acceptors (Lipinski definition) is 4. The largest absolute Gasteiger partial charge is 0.508 e. The highest BCUT2D eigenvalue weighted by Crippen LogP contribution is 2.21. The smallest absolute Gasteiger partial charge is 0.337 e. The van der Waals surface area contributed by atoms with Gasteiger partial charge in [-0.3, -0.25) is 0 Å². The van der Waals surface area contributed by atoms with Crippen LogP contribution in [-0.4, -0.2) is 38.3 Å². The molecule has 0 bridgehead atoms. The average molecular weight is 290 g/mol. The number of benzene rings is 1. The molecule has 0 aliphatic heterocycles. The third kappa shape index (κ3) is 3.96. The van der Waals surface area contributed by atoms with Gasteiger partial charge in [-0.15, -0.1) is 0 Å². The maximum absolute atomic E-state index is 11.7. The number of anilines is 1. The van der Waals surface area contributed by atoms with E-state index >= 15 is 0 Å². The van der Waals surface area contributed by atoms with Crippen molar-refractivity contribution in [1.29, 1.82) is 0 Å². The lowest BCUT2D eigenvalue weighted by atomic mass is 10.1. The van der Waals surface area contributed by atoms with Crippen LogP contribution in [0.2, 0.25) is 0 Å². The predicted molar refractivity (Wildman–Crippen MR) is 74.3 cm³/mol. The number of carbonyl (C=O) groups is 2. The Balaban J connectivity index is 1.92. The van der Waals surface area contributed by atoms with Crippen LogP contribution >= 0.6 is 0 Å². The second-order valence-electron chi connectivity index (χ2n) is 4.22. The van der Waals surface area contributed by atoms with Crippen molar-refractivity contribution in [1.82, 2.24) is 14.9 Å². The molecule has 0 atom stereocenters. The topological polar surface area (TPSA) is 116 Å². The highest BCUT2D eigenvalue weighted by Gasteiger charge is 2.13. The molecule has 0 spiro atoms. The summed E-state index contributed by atoms with van der Waals surface area (Å²) >= 11 is 0. The second-order valence-corrected chi connectivity index (χ2v) is 4.22. The number of phenols is 1. The Morgan fingerprint density at radius 3 is 2.81 bits per heavy atom. The lowest BCUT2D eigenvalue weighted by Crippen LogP contribution is -2.31. The van der Waals surface area contributed by atoms with E-state index in [9.17, 15) is 14.7 Å². The maximum atomic E-state index is 11.7. The number of carboxylic acids is 1. The number of urea groups is 1. The summed E-state index contributed by atoms with van der Waals surface area (Å²) in [7, 11) is 0. The predicted octanol–water partition coefficient (Wildman–Crippen LogP) is 1.11. The van der Waals surface area contributed by atoms with Gasteiger partial charge in [-0.25, -0.2) is 14.6 Å². The first kappa shape index (κ1) is 14.4. The minimum atomic E-state index is -1.24. The van der Waals surface area contributed by atoms with Gasteiger partial charge in [0.1, 0.15) is 5.75 Å². The Morgan fingerprint density at radius 1 is 1.33 bits per heavy atom. The summed E-state index contributed by atoms with van der Waals surface area (Å²) in [5.74, 6) is -1.42. The number of nitrogens with zero attached hydrogens (tertiary/aromatic N) is 2. The first-order valence-corrected chi connectivity index (χ1v) is 6.13. The minimum absolute atomic E-state index is 0.112. The third-order valence-electron chi connectivity index (χ3n) is 2.70. The van der Waals surface area contributed by atoms with Gasteiger partial charge in [0.15, 0.2) is 0 Å². The molecular formula is C13H14N4O4. The molecule has 1 heterocycles. The summed E-state index contributed by atoms with van der Waals surface area (Å²) in [5, 5.41) is 23.3. The van der Waals surface area contributed by atoms with Crippen molar-refractivity contribution in [3.63, 3.8) is 0 Å². The number of phenolic OH excluding ortho intramolecular Hbond substituents is 1. The van der Waals surface area contributed by atoms with Gasteiger partial charge in [0.25, 0.3) is 0 Å². The van der Waals surface area contributed by atoms with Gasteiger partial charge in [0.2, 0.25) is 0 Å². The lowest BCUT2D eigenvalue weighted by Gasteiger charge is -2.10. The molecule has 0 aliphatic carbocycles. The molecule has 0 saturated heterocycles. The molecule has 0 aliphatic rings.